The summed E-state index contributed by atoms with van der Waals surface area (Å²) in [6, 6.07) is 8.10. The van der Waals surface area contributed by atoms with Crippen LogP contribution in [0, 0.1) is 0 Å². The van der Waals surface area contributed by atoms with Gasteiger partial charge in [-0.2, -0.15) is 0 Å². The van der Waals surface area contributed by atoms with Gasteiger partial charge in [-0.15, -0.1) is 0 Å². The Labute approximate surface area is 83.2 Å². The number of hydrogen-bond acceptors (Lipinski definition) is 2. The molecule has 0 saturated heterocycles. The minimum atomic E-state index is 0.870. The van der Waals surface area contributed by atoms with Gasteiger partial charge in [-0.05, 0) is 29.8 Å². The number of aromatic amines is 1. The van der Waals surface area contributed by atoms with Gasteiger partial charge in [-0.25, -0.2) is 0 Å². The third-order valence-corrected chi connectivity index (χ3v) is 2.06. The number of nitrogens with one attached hydrogen (secondary N) is 2. The normalized spacial score (nSPS) is 10.3. The van der Waals surface area contributed by atoms with E-state index in [0.717, 1.165) is 13.1 Å². The maximum atomic E-state index is 3.97. The Morgan fingerprint density at radius 1 is 1.14 bits per heavy atom. The van der Waals surface area contributed by atoms with Crippen LogP contribution in [0.15, 0.2) is 42.9 Å². The van der Waals surface area contributed by atoms with Crippen molar-refractivity contribution in [1.82, 2.24) is 15.3 Å². The number of nitrogens with zero attached hydrogens (tertiary/aromatic N) is 1. The van der Waals surface area contributed by atoms with Crippen LogP contribution in [0.25, 0.3) is 0 Å². The molecule has 3 nitrogen and oxygen atoms in total. The van der Waals surface area contributed by atoms with E-state index in [1.807, 2.05) is 36.8 Å². The molecule has 0 radical (unpaired) electrons. The van der Waals surface area contributed by atoms with E-state index in [1.165, 1.54) is 11.3 Å². The van der Waals surface area contributed by atoms with Crippen LogP contribution in [0.3, 0.4) is 0 Å². The van der Waals surface area contributed by atoms with E-state index in [1.54, 1.807) is 0 Å². The second-order valence-electron chi connectivity index (χ2n) is 3.15. The molecule has 2 rings (SSSR count). The third-order valence-electron chi connectivity index (χ3n) is 2.06. The molecule has 0 aliphatic heterocycles. The van der Waals surface area contributed by atoms with Crippen molar-refractivity contribution in [3.63, 3.8) is 0 Å². The van der Waals surface area contributed by atoms with Crippen LogP contribution in [0.2, 0.25) is 0 Å². The lowest BCUT2D eigenvalue weighted by Gasteiger charge is -2.02. The second-order valence-corrected chi connectivity index (χ2v) is 3.15. The monoisotopic (exact) mass is 187 g/mol. The van der Waals surface area contributed by atoms with Crippen molar-refractivity contribution in [3.05, 3.63) is 54.1 Å². The van der Waals surface area contributed by atoms with Gasteiger partial charge in [0.15, 0.2) is 0 Å². The van der Waals surface area contributed by atoms with Gasteiger partial charge >= 0.3 is 0 Å². The highest BCUT2D eigenvalue weighted by atomic mass is 14.9. The predicted octanol–water partition coefficient (Wildman–Crippen LogP) is 1.70. The fraction of sp³-hybridized carbons (Fsp3) is 0.182. The Morgan fingerprint density at radius 2 is 2.00 bits per heavy atom. The summed E-state index contributed by atoms with van der Waals surface area (Å²) in [5, 5.41) is 3.35. The first-order valence-electron chi connectivity index (χ1n) is 4.67. The molecule has 72 valence electrons. The van der Waals surface area contributed by atoms with Crippen LogP contribution in [-0.2, 0) is 13.1 Å². The summed E-state index contributed by atoms with van der Waals surface area (Å²) < 4.78 is 0. The van der Waals surface area contributed by atoms with E-state index < -0.39 is 0 Å². The highest BCUT2D eigenvalue weighted by Crippen LogP contribution is 1.97. The van der Waals surface area contributed by atoms with E-state index in [-0.39, 0.29) is 0 Å². The van der Waals surface area contributed by atoms with Gasteiger partial charge in [0.2, 0.25) is 0 Å². The summed E-state index contributed by atoms with van der Waals surface area (Å²) in [6.45, 7) is 1.75. The van der Waals surface area contributed by atoms with E-state index in [9.17, 15) is 0 Å². The Hall–Kier alpha value is -1.61. The van der Waals surface area contributed by atoms with E-state index >= 15 is 0 Å². The Kier molecular flexibility index (Phi) is 2.93. The largest absolute Gasteiger partial charge is 0.364 e. The zero-order chi connectivity index (χ0) is 9.64. The molecule has 14 heavy (non-hydrogen) atoms. The van der Waals surface area contributed by atoms with Crippen molar-refractivity contribution in [2.45, 2.75) is 13.1 Å². The van der Waals surface area contributed by atoms with E-state index in [4.69, 9.17) is 0 Å². The molecule has 0 spiro atoms. The lowest BCUT2D eigenvalue weighted by Crippen LogP contribution is -2.12. The van der Waals surface area contributed by atoms with Crippen LogP contribution in [0.4, 0.5) is 0 Å². The molecule has 0 atom stereocenters. The topological polar surface area (TPSA) is 40.7 Å². The lowest BCUT2D eigenvalue weighted by atomic mass is 10.3. The maximum Gasteiger partial charge on any atom is 0.0360 e. The van der Waals surface area contributed by atoms with Crippen molar-refractivity contribution in [1.29, 1.82) is 0 Å². The minimum Gasteiger partial charge on any atom is -0.364 e. The molecule has 0 aromatic carbocycles. The molecule has 0 aliphatic rings. The number of rotatable bonds is 4. The van der Waals surface area contributed by atoms with Gasteiger partial charge < -0.3 is 10.3 Å². The summed E-state index contributed by atoms with van der Waals surface area (Å²) in [4.78, 5) is 7.12. The van der Waals surface area contributed by atoms with Crippen molar-refractivity contribution in [3.8, 4) is 0 Å². The molecule has 0 bridgehead atoms. The number of H-pyrrole nitrogens is 1. The van der Waals surface area contributed by atoms with Crippen LogP contribution < -0.4 is 5.32 Å². The van der Waals surface area contributed by atoms with Crippen LogP contribution >= 0.6 is 0 Å². The van der Waals surface area contributed by atoms with Crippen LogP contribution in [0.5, 0.6) is 0 Å². The average molecular weight is 187 g/mol. The molecule has 2 N–H and O–H groups in total. The molecule has 2 aromatic heterocycles. The number of pyridine rings is 1. The number of hydrogen-bond donors (Lipinski definition) is 2. The first kappa shape index (κ1) is 8.97. The SMILES string of the molecule is c1c[nH]c(CNCc2ccncc2)c1. The zero-order valence-electron chi connectivity index (χ0n) is 7.90. The molecule has 0 amide bonds. The Bertz CT molecular complexity index is 353. The van der Waals surface area contributed by atoms with Crippen molar-refractivity contribution in [2.24, 2.45) is 0 Å². The smallest absolute Gasteiger partial charge is 0.0360 e. The summed E-state index contributed by atoms with van der Waals surface area (Å²) in [6.07, 6.45) is 5.56. The predicted molar refractivity (Wildman–Crippen MR) is 55.6 cm³/mol. The van der Waals surface area contributed by atoms with Gasteiger partial charge in [0.05, 0.1) is 0 Å². The summed E-state index contributed by atoms with van der Waals surface area (Å²) in [5.74, 6) is 0. The third kappa shape index (κ3) is 2.44. The second kappa shape index (κ2) is 4.58. The van der Waals surface area contributed by atoms with Gasteiger partial charge in [0.1, 0.15) is 0 Å². The highest BCUT2D eigenvalue weighted by Gasteiger charge is 1.93. The lowest BCUT2D eigenvalue weighted by molar-refractivity contribution is 0.682. The molecule has 2 aromatic rings. The van der Waals surface area contributed by atoms with Gasteiger partial charge in [0, 0.05) is 37.4 Å². The number of aromatic nitrogens is 2. The van der Waals surface area contributed by atoms with Crippen molar-refractivity contribution < 1.29 is 0 Å². The summed E-state index contributed by atoms with van der Waals surface area (Å²) in [7, 11) is 0. The molecule has 0 unspecified atom stereocenters. The highest BCUT2D eigenvalue weighted by molar-refractivity contribution is 5.09. The quantitative estimate of drug-likeness (QED) is 0.764. The molecule has 0 fully saturated rings. The molecule has 3 heteroatoms. The Balaban J connectivity index is 1.79. The fourth-order valence-electron chi connectivity index (χ4n) is 1.32. The molecular formula is C11H13N3. The fourth-order valence-corrected chi connectivity index (χ4v) is 1.32. The molecular weight excluding hydrogens is 174 g/mol. The Morgan fingerprint density at radius 3 is 2.71 bits per heavy atom. The summed E-state index contributed by atoms with van der Waals surface area (Å²) in [5.41, 5.74) is 2.46. The molecule has 2 heterocycles. The van der Waals surface area contributed by atoms with Crippen molar-refractivity contribution >= 4 is 0 Å². The average Bonchev–Trinajstić information content (AvgIpc) is 2.72. The van der Waals surface area contributed by atoms with Gasteiger partial charge in [0.25, 0.3) is 0 Å². The van der Waals surface area contributed by atoms with E-state index in [2.05, 4.69) is 21.4 Å². The first-order valence-corrected chi connectivity index (χ1v) is 4.67. The standard InChI is InChI=1S/C11H13N3/c1-2-11(14-5-1)9-13-8-10-3-6-12-7-4-10/h1-7,13-14H,8-9H2. The van der Waals surface area contributed by atoms with Gasteiger partial charge in [-0.3, -0.25) is 4.98 Å². The van der Waals surface area contributed by atoms with Crippen LogP contribution in [0.1, 0.15) is 11.3 Å². The minimum absolute atomic E-state index is 0.870. The van der Waals surface area contributed by atoms with Crippen LogP contribution in [-0.4, -0.2) is 9.97 Å². The molecule has 0 saturated carbocycles. The molecule has 0 aliphatic carbocycles. The van der Waals surface area contributed by atoms with Gasteiger partial charge in [-0.1, -0.05) is 0 Å². The summed E-state index contributed by atoms with van der Waals surface area (Å²) >= 11 is 0. The van der Waals surface area contributed by atoms with E-state index in [0.29, 0.717) is 0 Å². The first-order chi connectivity index (χ1) is 6.95. The maximum absolute atomic E-state index is 3.97. The zero-order valence-corrected chi connectivity index (χ0v) is 7.90. The van der Waals surface area contributed by atoms with Crippen molar-refractivity contribution in [2.75, 3.05) is 0 Å².